The molecule has 3 aromatic carbocycles. The van der Waals surface area contributed by atoms with Crippen molar-refractivity contribution >= 4 is 39.3 Å². The first-order chi connectivity index (χ1) is 16.3. The lowest BCUT2D eigenvalue weighted by Crippen LogP contribution is -2.52. The molecule has 0 saturated heterocycles. The van der Waals surface area contributed by atoms with Crippen molar-refractivity contribution in [2.75, 3.05) is 6.61 Å². The molecule has 0 heterocycles. The van der Waals surface area contributed by atoms with E-state index >= 15 is 0 Å². The molecular weight excluding hydrogens is 516 g/mol. The van der Waals surface area contributed by atoms with E-state index in [0.29, 0.717) is 17.2 Å². The quantitative estimate of drug-likeness (QED) is 0.360. The van der Waals surface area contributed by atoms with Crippen LogP contribution in [0.15, 0.2) is 83.3 Å². The van der Waals surface area contributed by atoms with Crippen LogP contribution in [0.25, 0.3) is 0 Å². The summed E-state index contributed by atoms with van der Waals surface area (Å²) in [5, 5.41) is 3.51. The van der Waals surface area contributed by atoms with Crippen LogP contribution in [-0.2, 0) is 22.6 Å². The Morgan fingerprint density at radius 2 is 1.62 bits per heavy atom. The predicted molar refractivity (Wildman–Crippen MR) is 139 cm³/mol. The van der Waals surface area contributed by atoms with E-state index in [9.17, 15) is 9.59 Å². The smallest absolute Gasteiger partial charge is 0.261 e. The zero-order valence-corrected chi connectivity index (χ0v) is 21.6. The van der Waals surface area contributed by atoms with Gasteiger partial charge in [0.25, 0.3) is 5.91 Å². The first-order valence-electron chi connectivity index (χ1n) is 11.1. The Morgan fingerprint density at radius 3 is 2.26 bits per heavy atom. The van der Waals surface area contributed by atoms with Crippen molar-refractivity contribution in [3.8, 4) is 5.75 Å². The van der Waals surface area contributed by atoms with Gasteiger partial charge in [-0.25, -0.2) is 0 Å². The molecular formula is C27H28BrClN2O3. The normalized spacial score (nSPS) is 11.7. The highest BCUT2D eigenvalue weighted by Crippen LogP contribution is 2.21. The van der Waals surface area contributed by atoms with Gasteiger partial charge in [-0.3, -0.25) is 9.59 Å². The maximum Gasteiger partial charge on any atom is 0.261 e. The molecule has 3 rings (SSSR count). The minimum Gasteiger partial charge on any atom is -0.484 e. The minimum absolute atomic E-state index is 0.0675. The van der Waals surface area contributed by atoms with Crippen molar-refractivity contribution in [3.63, 3.8) is 0 Å². The Hall–Kier alpha value is -2.83. The Bertz CT molecular complexity index is 1090. The zero-order valence-electron chi connectivity index (χ0n) is 19.2. The van der Waals surface area contributed by atoms with Crippen molar-refractivity contribution in [2.45, 2.75) is 38.9 Å². The molecule has 2 amide bonds. The molecule has 1 atom stereocenters. The monoisotopic (exact) mass is 542 g/mol. The fourth-order valence-corrected chi connectivity index (χ4v) is 3.96. The van der Waals surface area contributed by atoms with Crippen molar-refractivity contribution in [3.05, 3.63) is 99.5 Å². The van der Waals surface area contributed by atoms with E-state index in [4.69, 9.17) is 16.3 Å². The van der Waals surface area contributed by atoms with Gasteiger partial charge in [-0.2, -0.15) is 0 Å². The van der Waals surface area contributed by atoms with Crippen LogP contribution in [0.1, 0.15) is 25.0 Å². The largest absolute Gasteiger partial charge is 0.484 e. The lowest BCUT2D eigenvalue weighted by Gasteiger charge is -2.32. The maximum atomic E-state index is 13.5. The Morgan fingerprint density at radius 1 is 0.971 bits per heavy atom. The van der Waals surface area contributed by atoms with E-state index in [2.05, 4.69) is 21.2 Å². The summed E-state index contributed by atoms with van der Waals surface area (Å²) in [7, 11) is 0. The molecule has 3 aromatic rings. The summed E-state index contributed by atoms with van der Waals surface area (Å²) in [6.07, 6.45) is 0.369. The van der Waals surface area contributed by atoms with Gasteiger partial charge < -0.3 is 15.0 Å². The van der Waals surface area contributed by atoms with Crippen molar-refractivity contribution in [2.24, 2.45) is 0 Å². The van der Waals surface area contributed by atoms with Crippen LogP contribution in [0.4, 0.5) is 0 Å². The second-order valence-electron chi connectivity index (χ2n) is 8.22. The van der Waals surface area contributed by atoms with Crippen LogP contribution in [0.2, 0.25) is 5.02 Å². The Balaban J connectivity index is 1.91. The number of nitrogens with zero attached hydrogens (tertiary/aromatic N) is 1. The highest BCUT2D eigenvalue weighted by atomic mass is 79.9. The molecule has 1 N–H and O–H groups in total. The standard InChI is InChI=1S/C27H28BrClN2O3/c1-19(2)30-27(33)25(16-20-8-4-3-5-9-20)31(17-21-10-6-7-11-24(21)29)26(32)18-34-23-14-12-22(28)13-15-23/h3-15,19,25H,16-18H2,1-2H3,(H,30,33)/t25-/m0/s1. The van der Waals surface area contributed by atoms with Crippen LogP contribution in [0.5, 0.6) is 5.75 Å². The summed E-state index contributed by atoms with van der Waals surface area (Å²) >= 11 is 9.81. The molecule has 0 aliphatic rings. The molecule has 0 radical (unpaired) electrons. The zero-order chi connectivity index (χ0) is 24.5. The topological polar surface area (TPSA) is 58.6 Å². The molecule has 0 bridgehead atoms. The molecule has 0 spiro atoms. The van der Waals surface area contributed by atoms with Gasteiger partial charge in [0.15, 0.2) is 6.61 Å². The molecule has 178 valence electrons. The molecule has 0 fully saturated rings. The number of ether oxygens (including phenoxy) is 1. The van der Waals surface area contributed by atoms with E-state index in [1.54, 1.807) is 23.1 Å². The molecule has 0 saturated carbocycles. The molecule has 34 heavy (non-hydrogen) atoms. The van der Waals surface area contributed by atoms with E-state index in [-0.39, 0.29) is 31.0 Å². The molecule has 0 aliphatic heterocycles. The van der Waals surface area contributed by atoms with Gasteiger partial charge in [0.2, 0.25) is 5.91 Å². The fourth-order valence-electron chi connectivity index (χ4n) is 3.50. The third kappa shape index (κ3) is 7.61. The van der Waals surface area contributed by atoms with Crippen LogP contribution >= 0.6 is 27.5 Å². The average Bonchev–Trinajstić information content (AvgIpc) is 2.82. The van der Waals surface area contributed by atoms with Gasteiger partial charge in [-0.15, -0.1) is 0 Å². The molecule has 0 aromatic heterocycles. The number of rotatable bonds is 10. The van der Waals surface area contributed by atoms with E-state index in [1.165, 1.54) is 0 Å². The molecule has 7 heteroatoms. The van der Waals surface area contributed by atoms with E-state index in [0.717, 1.165) is 15.6 Å². The van der Waals surface area contributed by atoms with Gasteiger partial charge >= 0.3 is 0 Å². The first-order valence-corrected chi connectivity index (χ1v) is 12.3. The van der Waals surface area contributed by atoms with Crippen LogP contribution in [-0.4, -0.2) is 35.4 Å². The van der Waals surface area contributed by atoms with Crippen LogP contribution in [0, 0.1) is 0 Å². The Labute approximate surface area is 214 Å². The van der Waals surface area contributed by atoms with E-state index in [1.807, 2.05) is 74.5 Å². The van der Waals surface area contributed by atoms with Gasteiger partial charge in [-0.05, 0) is 55.3 Å². The number of hydrogen-bond acceptors (Lipinski definition) is 3. The summed E-state index contributed by atoms with van der Waals surface area (Å²) in [4.78, 5) is 28.4. The number of benzene rings is 3. The highest BCUT2D eigenvalue weighted by Gasteiger charge is 2.31. The number of carbonyl (C=O) groups is 2. The maximum absolute atomic E-state index is 13.5. The minimum atomic E-state index is -0.734. The SMILES string of the molecule is CC(C)NC(=O)[C@H](Cc1ccccc1)N(Cc1ccccc1Cl)C(=O)COc1ccc(Br)cc1. The number of halogens is 2. The average molecular weight is 544 g/mol. The second-order valence-corrected chi connectivity index (χ2v) is 9.55. The number of hydrogen-bond donors (Lipinski definition) is 1. The molecule has 5 nitrogen and oxygen atoms in total. The fraction of sp³-hybridized carbons (Fsp3) is 0.259. The van der Waals surface area contributed by atoms with Crippen molar-refractivity contribution in [1.82, 2.24) is 10.2 Å². The summed E-state index contributed by atoms with van der Waals surface area (Å²) < 4.78 is 6.67. The first kappa shape index (κ1) is 25.8. The number of amides is 2. The van der Waals surface area contributed by atoms with Gasteiger partial charge in [-0.1, -0.05) is 76.1 Å². The third-order valence-electron chi connectivity index (χ3n) is 5.18. The highest BCUT2D eigenvalue weighted by molar-refractivity contribution is 9.10. The van der Waals surface area contributed by atoms with Gasteiger partial charge in [0.1, 0.15) is 11.8 Å². The summed E-state index contributed by atoms with van der Waals surface area (Å²) in [5.74, 6) is 0.0473. The lowest BCUT2D eigenvalue weighted by atomic mass is 10.0. The van der Waals surface area contributed by atoms with Crippen molar-refractivity contribution < 1.29 is 14.3 Å². The van der Waals surface area contributed by atoms with Crippen molar-refractivity contribution in [1.29, 1.82) is 0 Å². The lowest BCUT2D eigenvalue weighted by molar-refractivity contribution is -0.143. The summed E-state index contributed by atoms with van der Waals surface area (Å²) in [6.45, 7) is 3.78. The summed E-state index contributed by atoms with van der Waals surface area (Å²) in [6, 6.07) is 23.4. The second kappa shape index (κ2) is 12.6. The van der Waals surface area contributed by atoms with Gasteiger partial charge in [0, 0.05) is 28.5 Å². The molecule has 0 unspecified atom stereocenters. The number of nitrogens with one attached hydrogen (secondary N) is 1. The number of carbonyl (C=O) groups excluding carboxylic acids is 2. The summed E-state index contributed by atoms with van der Waals surface area (Å²) in [5.41, 5.74) is 1.72. The van der Waals surface area contributed by atoms with Crippen LogP contribution < -0.4 is 10.1 Å². The van der Waals surface area contributed by atoms with Gasteiger partial charge in [0.05, 0.1) is 0 Å². The predicted octanol–water partition coefficient (Wildman–Crippen LogP) is 5.65. The van der Waals surface area contributed by atoms with E-state index < -0.39 is 6.04 Å². The molecule has 0 aliphatic carbocycles. The third-order valence-corrected chi connectivity index (χ3v) is 6.07. The van der Waals surface area contributed by atoms with Crippen LogP contribution in [0.3, 0.4) is 0 Å². The Kier molecular flexibility index (Phi) is 9.54.